The van der Waals surface area contributed by atoms with Crippen molar-refractivity contribution in [3.63, 3.8) is 0 Å². The number of fused-ring (bicyclic) bond motifs is 1. The Kier molecular flexibility index (Phi) is 3.31. The molecule has 104 valence electrons. The van der Waals surface area contributed by atoms with Gasteiger partial charge >= 0.3 is 0 Å². The zero-order valence-electron chi connectivity index (χ0n) is 11.7. The van der Waals surface area contributed by atoms with Gasteiger partial charge in [0.25, 0.3) is 0 Å². The van der Waals surface area contributed by atoms with E-state index in [-0.39, 0.29) is 11.9 Å². The van der Waals surface area contributed by atoms with E-state index in [1.165, 1.54) is 18.5 Å². The summed E-state index contributed by atoms with van der Waals surface area (Å²) in [6, 6.07) is 0.192. The zero-order valence-corrected chi connectivity index (χ0v) is 11.7. The first-order chi connectivity index (χ1) is 9.15. The quantitative estimate of drug-likeness (QED) is 0.848. The van der Waals surface area contributed by atoms with Crippen LogP contribution >= 0.6 is 0 Å². The standard InChI is InChI=1S/C14H22N4O/c1-9(2)16-13(19)8-18-12-5-6-15-7-11(12)17-14(18)10-3-4-10/h9-10,15H,3-8H2,1-2H3,(H,16,19). The summed E-state index contributed by atoms with van der Waals surface area (Å²) in [5.74, 6) is 1.81. The normalized spacial score (nSPS) is 18.5. The first-order valence-electron chi connectivity index (χ1n) is 7.23. The van der Waals surface area contributed by atoms with E-state index in [0.29, 0.717) is 12.5 Å². The maximum Gasteiger partial charge on any atom is 0.240 e. The highest BCUT2D eigenvalue weighted by atomic mass is 16.2. The fourth-order valence-corrected chi connectivity index (χ4v) is 2.73. The second-order valence-electron chi connectivity index (χ2n) is 5.87. The van der Waals surface area contributed by atoms with Crippen molar-refractivity contribution in [2.75, 3.05) is 6.54 Å². The molecule has 0 spiro atoms. The van der Waals surface area contributed by atoms with Gasteiger partial charge in [-0.3, -0.25) is 4.79 Å². The first kappa shape index (κ1) is 12.7. The van der Waals surface area contributed by atoms with Crippen LogP contribution in [0.2, 0.25) is 0 Å². The van der Waals surface area contributed by atoms with Crippen molar-refractivity contribution in [2.45, 2.75) is 58.2 Å². The summed E-state index contributed by atoms with van der Waals surface area (Å²) in [7, 11) is 0. The van der Waals surface area contributed by atoms with Crippen LogP contribution < -0.4 is 10.6 Å². The highest BCUT2D eigenvalue weighted by Crippen LogP contribution is 2.40. The highest BCUT2D eigenvalue weighted by Gasteiger charge is 2.32. The van der Waals surface area contributed by atoms with Gasteiger partial charge < -0.3 is 15.2 Å². The lowest BCUT2D eigenvalue weighted by Crippen LogP contribution is -2.34. The number of aromatic nitrogens is 2. The number of amides is 1. The first-order valence-corrected chi connectivity index (χ1v) is 7.23. The summed E-state index contributed by atoms with van der Waals surface area (Å²) >= 11 is 0. The van der Waals surface area contributed by atoms with E-state index >= 15 is 0 Å². The number of hydrogen-bond donors (Lipinski definition) is 2. The molecule has 0 radical (unpaired) electrons. The Morgan fingerprint density at radius 3 is 3.00 bits per heavy atom. The zero-order chi connectivity index (χ0) is 13.4. The second kappa shape index (κ2) is 4.96. The molecule has 0 atom stereocenters. The average Bonchev–Trinajstić information content (AvgIpc) is 3.13. The van der Waals surface area contributed by atoms with Crippen LogP contribution in [-0.2, 0) is 24.3 Å². The Labute approximate surface area is 113 Å². The van der Waals surface area contributed by atoms with E-state index < -0.39 is 0 Å². The van der Waals surface area contributed by atoms with Crippen LogP contribution in [0.4, 0.5) is 0 Å². The molecule has 1 saturated carbocycles. The van der Waals surface area contributed by atoms with Gasteiger partial charge in [0, 0.05) is 37.2 Å². The van der Waals surface area contributed by atoms with E-state index in [2.05, 4.69) is 15.2 Å². The predicted octanol–water partition coefficient (Wildman–Crippen LogP) is 0.931. The lowest BCUT2D eigenvalue weighted by atomic mass is 10.2. The molecular formula is C14H22N4O. The minimum absolute atomic E-state index is 0.0932. The fraction of sp³-hybridized carbons (Fsp3) is 0.714. The maximum atomic E-state index is 12.0. The summed E-state index contributed by atoms with van der Waals surface area (Å²) in [5.41, 5.74) is 2.41. The molecule has 5 nitrogen and oxygen atoms in total. The van der Waals surface area contributed by atoms with Crippen molar-refractivity contribution < 1.29 is 4.79 Å². The third-order valence-electron chi connectivity index (χ3n) is 3.71. The summed E-state index contributed by atoms with van der Waals surface area (Å²) < 4.78 is 2.17. The summed E-state index contributed by atoms with van der Waals surface area (Å²) in [4.78, 5) is 16.8. The number of carbonyl (C=O) groups excluding carboxylic acids is 1. The van der Waals surface area contributed by atoms with Crippen LogP contribution in [0.25, 0.3) is 0 Å². The Morgan fingerprint density at radius 1 is 1.53 bits per heavy atom. The van der Waals surface area contributed by atoms with Crippen molar-refractivity contribution >= 4 is 5.91 Å². The van der Waals surface area contributed by atoms with Crippen LogP contribution in [0, 0.1) is 0 Å². The Hall–Kier alpha value is -1.36. The average molecular weight is 262 g/mol. The topological polar surface area (TPSA) is 59.0 Å². The lowest BCUT2D eigenvalue weighted by molar-refractivity contribution is -0.122. The number of imidazole rings is 1. The number of carbonyl (C=O) groups is 1. The van der Waals surface area contributed by atoms with E-state index in [1.807, 2.05) is 13.8 Å². The predicted molar refractivity (Wildman–Crippen MR) is 72.9 cm³/mol. The van der Waals surface area contributed by atoms with Gasteiger partial charge in [0.2, 0.25) is 5.91 Å². The molecule has 1 aliphatic carbocycles. The van der Waals surface area contributed by atoms with Gasteiger partial charge in [-0.15, -0.1) is 0 Å². The number of nitrogens with zero attached hydrogens (tertiary/aromatic N) is 2. The molecule has 1 aromatic heterocycles. The molecule has 0 bridgehead atoms. The smallest absolute Gasteiger partial charge is 0.240 e. The molecule has 3 rings (SSSR count). The monoisotopic (exact) mass is 262 g/mol. The number of nitrogens with one attached hydrogen (secondary N) is 2. The third kappa shape index (κ3) is 2.66. The number of hydrogen-bond acceptors (Lipinski definition) is 3. The van der Waals surface area contributed by atoms with Gasteiger partial charge in [0.05, 0.1) is 5.69 Å². The molecule has 2 N–H and O–H groups in total. The number of rotatable bonds is 4. The van der Waals surface area contributed by atoms with E-state index in [0.717, 1.165) is 31.0 Å². The molecule has 1 fully saturated rings. The molecule has 0 aromatic carbocycles. The molecule has 0 unspecified atom stereocenters. The van der Waals surface area contributed by atoms with Crippen LogP contribution in [-0.4, -0.2) is 28.0 Å². The van der Waals surface area contributed by atoms with Gasteiger partial charge in [0.1, 0.15) is 12.4 Å². The lowest BCUT2D eigenvalue weighted by Gasteiger charge is -2.16. The van der Waals surface area contributed by atoms with Gasteiger partial charge in [0.15, 0.2) is 0 Å². The second-order valence-corrected chi connectivity index (χ2v) is 5.87. The van der Waals surface area contributed by atoms with Gasteiger partial charge in [-0.1, -0.05) is 0 Å². The van der Waals surface area contributed by atoms with Crippen molar-refractivity contribution in [3.8, 4) is 0 Å². The van der Waals surface area contributed by atoms with Gasteiger partial charge in [-0.05, 0) is 26.7 Å². The fourth-order valence-electron chi connectivity index (χ4n) is 2.73. The molecule has 2 aliphatic rings. The van der Waals surface area contributed by atoms with Crippen molar-refractivity contribution in [1.29, 1.82) is 0 Å². The van der Waals surface area contributed by atoms with Crippen LogP contribution in [0.15, 0.2) is 0 Å². The Bertz CT molecular complexity index is 488. The summed E-state index contributed by atoms with van der Waals surface area (Å²) in [5, 5.41) is 6.32. The SMILES string of the molecule is CC(C)NC(=O)Cn1c(C2CC2)nc2c1CCNC2. The van der Waals surface area contributed by atoms with Gasteiger partial charge in [-0.25, -0.2) is 4.98 Å². The molecule has 2 heterocycles. The molecule has 0 saturated heterocycles. The minimum Gasteiger partial charge on any atom is -0.352 e. The largest absolute Gasteiger partial charge is 0.352 e. The Morgan fingerprint density at radius 2 is 2.32 bits per heavy atom. The van der Waals surface area contributed by atoms with E-state index in [9.17, 15) is 4.79 Å². The Balaban J connectivity index is 1.85. The maximum absolute atomic E-state index is 12.0. The van der Waals surface area contributed by atoms with Crippen LogP contribution in [0.1, 0.15) is 49.8 Å². The molecular weight excluding hydrogens is 240 g/mol. The van der Waals surface area contributed by atoms with Crippen molar-refractivity contribution in [1.82, 2.24) is 20.2 Å². The van der Waals surface area contributed by atoms with E-state index in [1.54, 1.807) is 0 Å². The molecule has 19 heavy (non-hydrogen) atoms. The third-order valence-corrected chi connectivity index (χ3v) is 3.71. The molecule has 1 aromatic rings. The molecule has 1 amide bonds. The van der Waals surface area contributed by atoms with Crippen LogP contribution in [0.5, 0.6) is 0 Å². The minimum atomic E-state index is 0.0932. The van der Waals surface area contributed by atoms with Crippen LogP contribution in [0.3, 0.4) is 0 Å². The summed E-state index contributed by atoms with van der Waals surface area (Å²) in [6.45, 7) is 6.23. The summed E-state index contributed by atoms with van der Waals surface area (Å²) in [6.07, 6.45) is 3.41. The van der Waals surface area contributed by atoms with Gasteiger partial charge in [-0.2, -0.15) is 0 Å². The van der Waals surface area contributed by atoms with E-state index in [4.69, 9.17) is 4.98 Å². The van der Waals surface area contributed by atoms with Crippen molar-refractivity contribution in [3.05, 3.63) is 17.2 Å². The van der Waals surface area contributed by atoms with Crippen molar-refractivity contribution in [2.24, 2.45) is 0 Å². The molecule has 5 heteroatoms. The molecule has 1 aliphatic heterocycles. The highest BCUT2D eigenvalue weighted by molar-refractivity contribution is 5.76.